The third kappa shape index (κ3) is 7.63. The fraction of sp³-hybridized carbons (Fsp3) is 0.818. The van der Waals surface area contributed by atoms with Gasteiger partial charge in [-0.1, -0.05) is 0 Å². The van der Waals surface area contributed by atoms with E-state index in [9.17, 15) is 4.79 Å². The Balaban J connectivity index is 4.29. The van der Waals surface area contributed by atoms with Crippen molar-refractivity contribution in [3.05, 3.63) is 0 Å². The van der Waals surface area contributed by atoms with Crippen molar-refractivity contribution in [2.45, 2.75) is 46.3 Å². The maximum absolute atomic E-state index is 11.5. The average Bonchev–Trinajstić information content (AvgIpc) is 2.08. The summed E-state index contributed by atoms with van der Waals surface area (Å²) < 4.78 is 7.76. The predicted octanol–water partition coefficient (Wildman–Crippen LogP) is 1.61. The van der Waals surface area contributed by atoms with Gasteiger partial charge in [-0.25, -0.2) is 0 Å². The third-order valence-corrected chi connectivity index (χ3v) is 2.13. The minimum absolute atomic E-state index is 0.0318. The van der Waals surface area contributed by atoms with E-state index in [1.54, 1.807) is 0 Å². The summed E-state index contributed by atoms with van der Waals surface area (Å²) in [4.78, 5) is 15.5. The van der Waals surface area contributed by atoms with E-state index in [2.05, 4.69) is 30.6 Å². The first-order valence-corrected chi connectivity index (χ1v) is 6.15. The molecule has 1 N–H and O–H groups in total. The van der Waals surface area contributed by atoms with Crippen LogP contribution in [-0.4, -0.2) is 44.6 Å². The standard InChI is InChI=1S/C11H20N2O2Se/c1-8(2)9(6-12-7-16)13-10(14)15-11(3,4)5/h8-9H,6H2,1-5H3,(H,13,14)/t9-/m1/s1. The van der Waals surface area contributed by atoms with Crippen LogP contribution in [0.2, 0.25) is 0 Å². The molecule has 0 bridgehead atoms. The monoisotopic (exact) mass is 292 g/mol. The van der Waals surface area contributed by atoms with E-state index in [0.29, 0.717) is 12.5 Å². The molecular formula is C11H20N2O2Se. The molecule has 1 amide bonds. The van der Waals surface area contributed by atoms with E-state index >= 15 is 0 Å². The molecule has 0 unspecified atom stereocenters. The van der Waals surface area contributed by atoms with Crippen LogP contribution in [0.5, 0.6) is 0 Å². The molecule has 0 aromatic heterocycles. The normalized spacial score (nSPS) is 12.9. The summed E-state index contributed by atoms with van der Waals surface area (Å²) >= 11 is 2.57. The molecule has 0 aliphatic carbocycles. The second-order valence-electron chi connectivity index (χ2n) is 4.93. The molecular weight excluding hydrogens is 271 g/mol. The summed E-state index contributed by atoms with van der Waals surface area (Å²) in [6.45, 7) is 10.1. The van der Waals surface area contributed by atoms with Crippen LogP contribution >= 0.6 is 0 Å². The SMILES string of the molecule is CC(C)[C@@H](CN=C=[Se])NC(=O)OC(C)(C)C. The number of hydrogen-bond acceptors (Lipinski definition) is 3. The molecule has 16 heavy (non-hydrogen) atoms. The maximum atomic E-state index is 11.5. The van der Waals surface area contributed by atoms with E-state index in [1.165, 1.54) is 0 Å². The minimum atomic E-state index is -0.473. The van der Waals surface area contributed by atoms with Gasteiger partial charge in [0.2, 0.25) is 0 Å². The number of rotatable bonds is 4. The number of nitrogens with zero attached hydrogens (tertiary/aromatic N) is 1. The first kappa shape index (κ1) is 15.4. The van der Waals surface area contributed by atoms with Crippen molar-refractivity contribution in [3.8, 4) is 0 Å². The Kier molecular flexibility index (Phi) is 6.58. The molecule has 0 saturated heterocycles. The average molecular weight is 291 g/mol. The number of carbonyl (C=O) groups is 1. The van der Waals surface area contributed by atoms with Crippen molar-refractivity contribution in [2.75, 3.05) is 6.54 Å². The number of hydrogen-bond donors (Lipinski definition) is 1. The zero-order valence-electron chi connectivity index (χ0n) is 10.5. The molecule has 0 spiro atoms. The Hall–Kier alpha value is -0.631. The van der Waals surface area contributed by atoms with Crippen LogP contribution in [-0.2, 0) is 4.74 Å². The van der Waals surface area contributed by atoms with E-state index in [4.69, 9.17) is 4.74 Å². The molecule has 0 fully saturated rings. The molecule has 0 saturated carbocycles. The van der Waals surface area contributed by atoms with E-state index in [-0.39, 0.29) is 6.04 Å². The summed E-state index contributed by atoms with van der Waals surface area (Å²) in [5, 5.41) is 2.80. The van der Waals surface area contributed by atoms with Crippen molar-refractivity contribution in [1.82, 2.24) is 5.32 Å². The second kappa shape index (κ2) is 6.85. The van der Waals surface area contributed by atoms with Crippen LogP contribution in [0, 0.1) is 5.92 Å². The van der Waals surface area contributed by atoms with E-state index < -0.39 is 11.7 Å². The first-order valence-electron chi connectivity index (χ1n) is 5.29. The molecule has 1 atom stereocenters. The topological polar surface area (TPSA) is 50.7 Å². The van der Waals surface area contributed by atoms with Crippen molar-refractivity contribution >= 4 is 26.4 Å². The van der Waals surface area contributed by atoms with Gasteiger partial charge in [0.1, 0.15) is 0 Å². The summed E-state index contributed by atoms with van der Waals surface area (Å²) in [6.07, 6.45) is -0.401. The van der Waals surface area contributed by atoms with Crippen LogP contribution in [0.1, 0.15) is 34.6 Å². The number of ether oxygens (including phenoxy) is 1. The van der Waals surface area contributed by atoms with E-state index in [0.717, 1.165) is 0 Å². The van der Waals surface area contributed by atoms with Crippen LogP contribution < -0.4 is 5.32 Å². The third-order valence-electron chi connectivity index (χ3n) is 1.86. The Bertz CT molecular complexity index is 278. The van der Waals surface area contributed by atoms with Gasteiger partial charge in [0.05, 0.1) is 0 Å². The fourth-order valence-corrected chi connectivity index (χ4v) is 1.17. The van der Waals surface area contributed by atoms with Gasteiger partial charge in [-0.15, -0.1) is 0 Å². The van der Waals surface area contributed by atoms with Crippen molar-refractivity contribution in [1.29, 1.82) is 0 Å². The molecule has 0 aliphatic heterocycles. The zero-order chi connectivity index (χ0) is 12.8. The Morgan fingerprint density at radius 3 is 2.44 bits per heavy atom. The van der Waals surface area contributed by atoms with Gasteiger partial charge >= 0.3 is 105 Å². The number of carbonyl (C=O) groups excluding carboxylic acids is 1. The van der Waals surface area contributed by atoms with Crippen LogP contribution in [0.25, 0.3) is 0 Å². The predicted molar refractivity (Wildman–Crippen MR) is 66.1 cm³/mol. The van der Waals surface area contributed by atoms with Crippen LogP contribution in [0.3, 0.4) is 0 Å². The Labute approximate surface area is 105 Å². The quantitative estimate of drug-likeness (QED) is 0.632. The van der Waals surface area contributed by atoms with Crippen molar-refractivity contribution < 1.29 is 9.53 Å². The van der Waals surface area contributed by atoms with Gasteiger partial charge in [-0.3, -0.25) is 0 Å². The van der Waals surface area contributed by atoms with E-state index in [1.807, 2.05) is 34.6 Å². The van der Waals surface area contributed by atoms with Gasteiger partial charge < -0.3 is 0 Å². The molecule has 0 aromatic rings. The Morgan fingerprint density at radius 2 is 2.06 bits per heavy atom. The number of nitrogens with one attached hydrogen (secondary N) is 1. The van der Waals surface area contributed by atoms with Gasteiger partial charge in [0, 0.05) is 0 Å². The number of amides is 1. The van der Waals surface area contributed by atoms with Crippen molar-refractivity contribution in [3.63, 3.8) is 0 Å². The van der Waals surface area contributed by atoms with Gasteiger partial charge in [-0.05, 0) is 0 Å². The summed E-state index contributed by atoms with van der Waals surface area (Å²) in [5.74, 6) is 0.296. The number of aliphatic imine (C=N–C) groups is 1. The molecule has 0 aromatic carbocycles. The molecule has 0 aliphatic rings. The molecule has 0 radical (unpaired) electrons. The molecule has 5 heteroatoms. The van der Waals surface area contributed by atoms with Crippen LogP contribution in [0.4, 0.5) is 4.79 Å². The van der Waals surface area contributed by atoms with Crippen LogP contribution in [0.15, 0.2) is 4.99 Å². The Morgan fingerprint density at radius 1 is 1.50 bits per heavy atom. The zero-order valence-corrected chi connectivity index (χ0v) is 12.2. The molecule has 0 heterocycles. The van der Waals surface area contributed by atoms with Gasteiger partial charge in [-0.2, -0.15) is 0 Å². The van der Waals surface area contributed by atoms with Crippen molar-refractivity contribution in [2.24, 2.45) is 10.9 Å². The molecule has 92 valence electrons. The first-order chi connectivity index (χ1) is 7.26. The van der Waals surface area contributed by atoms with Gasteiger partial charge in [0.15, 0.2) is 0 Å². The van der Waals surface area contributed by atoms with Gasteiger partial charge in [0.25, 0.3) is 0 Å². The summed E-state index contributed by atoms with van der Waals surface area (Å²) in [6, 6.07) is -0.0318. The molecule has 4 nitrogen and oxygen atoms in total. The number of alkyl carbamates (subject to hydrolysis) is 1. The fourth-order valence-electron chi connectivity index (χ4n) is 1.02. The molecule has 0 rings (SSSR count). The summed E-state index contributed by atoms with van der Waals surface area (Å²) in [7, 11) is 0. The second-order valence-corrected chi connectivity index (χ2v) is 5.31. The summed E-state index contributed by atoms with van der Waals surface area (Å²) in [5.41, 5.74) is -0.473.